The highest BCUT2D eigenvalue weighted by molar-refractivity contribution is 6.11. The average molecular weight is 344 g/mol. The highest BCUT2D eigenvalue weighted by atomic mass is 16.4. The van der Waals surface area contributed by atoms with E-state index in [2.05, 4.69) is 21.8 Å². The minimum atomic E-state index is 0.00472. The van der Waals surface area contributed by atoms with Crippen LogP contribution in [0.4, 0.5) is 0 Å². The Morgan fingerprint density at radius 3 is 2.23 bits per heavy atom. The number of benzene rings is 2. The van der Waals surface area contributed by atoms with Crippen molar-refractivity contribution in [2.75, 3.05) is 0 Å². The van der Waals surface area contributed by atoms with Gasteiger partial charge in [-0.3, -0.25) is 4.79 Å². The molecule has 0 aliphatic carbocycles. The number of furan rings is 1. The summed E-state index contributed by atoms with van der Waals surface area (Å²) in [6, 6.07) is 7.44. The second-order valence-corrected chi connectivity index (χ2v) is 6.11. The number of oxazole rings is 2. The first kappa shape index (κ1) is 14.7. The lowest BCUT2D eigenvalue weighted by Crippen LogP contribution is -1.95. The monoisotopic (exact) mass is 344 g/mol. The summed E-state index contributed by atoms with van der Waals surface area (Å²) in [5.41, 5.74) is 4.00. The van der Waals surface area contributed by atoms with Crippen LogP contribution in [0.25, 0.3) is 44.1 Å². The molecule has 126 valence electrons. The van der Waals surface area contributed by atoms with E-state index >= 15 is 0 Å². The molecule has 6 nitrogen and oxygen atoms in total. The summed E-state index contributed by atoms with van der Waals surface area (Å²) in [7, 11) is 0. The van der Waals surface area contributed by atoms with Crippen LogP contribution >= 0.6 is 0 Å². The van der Waals surface area contributed by atoms with Crippen LogP contribution < -0.4 is 0 Å². The molecule has 0 aliphatic heterocycles. The second-order valence-electron chi connectivity index (χ2n) is 6.11. The second kappa shape index (κ2) is 5.20. The smallest absolute Gasteiger partial charge is 0.274 e. The molecule has 0 N–H and O–H groups in total. The number of hydrogen-bond donors (Lipinski definition) is 0. The summed E-state index contributed by atoms with van der Waals surface area (Å²) in [6.45, 7) is 3.24. The lowest BCUT2D eigenvalue weighted by molar-refractivity contribution is -0.116. The molecule has 2 aromatic carbocycles. The molecule has 6 heteroatoms. The molecule has 0 unspecified atom stereocenters. The van der Waals surface area contributed by atoms with Crippen molar-refractivity contribution in [3.8, 4) is 11.8 Å². The molecular formula is C20H12N2O4. The molecule has 0 saturated heterocycles. The number of fused-ring (bicyclic) bond motifs is 5. The molecule has 3 aromatic heterocycles. The Labute approximate surface area is 146 Å². The third-order valence-electron chi connectivity index (χ3n) is 4.17. The van der Waals surface area contributed by atoms with E-state index < -0.39 is 0 Å². The summed E-state index contributed by atoms with van der Waals surface area (Å²) < 4.78 is 17.2. The molecular weight excluding hydrogens is 332 g/mol. The van der Waals surface area contributed by atoms with Crippen LogP contribution in [0.5, 0.6) is 0 Å². The van der Waals surface area contributed by atoms with E-state index in [1.807, 2.05) is 18.2 Å². The van der Waals surface area contributed by atoms with E-state index in [0.29, 0.717) is 39.6 Å². The summed E-state index contributed by atoms with van der Waals surface area (Å²) in [5, 5.41) is 1.82. The van der Waals surface area contributed by atoms with Gasteiger partial charge in [-0.05, 0) is 31.9 Å². The summed E-state index contributed by atoms with van der Waals surface area (Å²) in [6.07, 6.45) is 0.178. The first-order valence-electron chi connectivity index (χ1n) is 8.09. The number of Topliss-reactive ketones (excluding diaryl/α,β-unsaturated/α-hetero) is 1. The minimum absolute atomic E-state index is 0.00472. The Balaban J connectivity index is 1.75. The number of hydrogen-bond acceptors (Lipinski definition) is 6. The van der Waals surface area contributed by atoms with Crippen LogP contribution in [-0.2, 0) is 11.2 Å². The Morgan fingerprint density at radius 1 is 0.923 bits per heavy atom. The SMILES string of the molecule is CC#Cc1nc2cc3c(cc2o1)oc1cc2oc(CC(C)=O)nc2cc13. The highest BCUT2D eigenvalue weighted by Crippen LogP contribution is 2.34. The minimum Gasteiger partial charge on any atom is -0.456 e. The predicted octanol–water partition coefficient (Wildman–Crippen LogP) is 4.37. The van der Waals surface area contributed by atoms with Gasteiger partial charge in [0.1, 0.15) is 28.0 Å². The number of ketones is 1. The first-order chi connectivity index (χ1) is 12.6. The van der Waals surface area contributed by atoms with Crippen molar-refractivity contribution >= 4 is 49.9 Å². The lowest BCUT2D eigenvalue weighted by Gasteiger charge is -1.89. The third kappa shape index (κ3) is 2.18. The molecule has 0 fully saturated rings. The number of rotatable bonds is 2. The van der Waals surface area contributed by atoms with Crippen molar-refractivity contribution in [1.82, 2.24) is 9.97 Å². The van der Waals surface area contributed by atoms with Crippen LogP contribution in [0.2, 0.25) is 0 Å². The molecule has 26 heavy (non-hydrogen) atoms. The van der Waals surface area contributed by atoms with Crippen molar-refractivity contribution in [2.45, 2.75) is 20.3 Å². The van der Waals surface area contributed by atoms with Crippen LogP contribution in [0, 0.1) is 11.8 Å². The molecule has 0 saturated carbocycles. The summed E-state index contributed by atoms with van der Waals surface area (Å²) in [5.74, 6) is 6.38. The zero-order valence-electron chi connectivity index (χ0n) is 14.0. The van der Waals surface area contributed by atoms with Crippen molar-refractivity contribution < 1.29 is 18.0 Å². The fourth-order valence-corrected chi connectivity index (χ4v) is 3.12. The topological polar surface area (TPSA) is 82.3 Å². The summed E-state index contributed by atoms with van der Waals surface area (Å²) >= 11 is 0. The molecule has 0 amide bonds. The van der Waals surface area contributed by atoms with Gasteiger partial charge >= 0.3 is 0 Å². The van der Waals surface area contributed by atoms with Gasteiger partial charge in [0.25, 0.3) is 5.89 Å². The number of carbonyl (C=O) groups is 1. The summed E-state index contributed by atoms with van der Waals surface area (Å²) in [4.78, 5) is 20.1. The normalized spacial score (nSPS) is 11.5. The Hall–Kier alpha value is -3.59. The molecule has 0 spiro atoms. The van der Waals surface area contributed by atoms with Gasteiger partial charge in [0, 0.05) is 22.9 Å². The molecule has 0 radical (unpaired) electrons. The maximum absolute atomic E-state index is 11.3. The highest BCUT2D eigenvalue weighted by Gasteiger charge is 2.15. The van der Waals surface area contributed by atoms with Gasteiger partial charge in [-0.2, -0.15) is 0 Å². The van der Waals surface area contributed by atoms with E-state index in [1.54, 1.807) is 13.0 Å². The van der Waals surface area contributed by atoms with Crippen molar-refractivity contribution in [3.05, 3.63) is 36.0 Å². The van der Waals surface area contributed by atoms with Crippen molar-refractivity contribution in [3.63, 3.8) is 0 Å². The lowest BCUT2D eigenvalue weighted by atomic mass is 10.1. The maximum atomic E-state index is 11.3. The van der Waals surface area contributed by atoms with Gasteiger partial charge in [-0.15, -0.1) is 0 Å². The largest absolute Gasteiger partial charge is 0.456 e. The van der Waals surface area contributed by atoms with E-state index in [-0.39, 0.29) is 12.2 Å². The molecule has 5 rings (SSSR count). The molecule has 3 heterocycles. The van der Waals surface area contributed by atoms with Crippen LogP contribution in [0.1, 0.15) is 25.6 Å². The van der Waals surface area contributed by atoms with E-state index in [1.165, 1.54) is 6.92 Å². The Kier molecular flexibility index (Phi) is 2.95. The van der Waals surface area contributed by atoms with Gasteiger partial charge in [0.15, 0.2) is 11.2 Å². The van der Waals surface area contributed by atoms with Gasteiger partial charge < -0.3 is 13.3 Å². The van der Waals surface area contributed by atoms with E-state index in [4.69, 9.17) is 13.3 Å². The fourth-order valence-electron chi connectivity index (χ4n) is 3.12. The van der Waals surface area contributed by atoms with Gasteiger partial charge in [-0.1, -0.05) is 5.92 Å². The van der Waals surface area contributed by atoms with E-state index in [9.17, 15) is 4.79 Å². The predicted molar refractivity (Wildman–Crippen MR) is 95.8 cm³/mol. The van der Waals surface area contributed by atoms with Crippen LogP contribution in [0.3, 0.4) is 0 Å². The fraction of sp³-hybridized carbons (Fsp3) is 0.150. The Morgan fingerprint density at radius 2 is 1.58 bits per heavy atom. The van der Waals surface area contributed by atoms with Gasteiger partial charge in [0.05, 0.1) is 6.42 Å². The van der Waals surface area contributed by atoms with E-state index in [0.717, 1.165) is 16.3 Å². The Bertz CT molecular complexity index is 1410. The van der Waals surface area contributed by atoms with Gasteiger partial charge in [0.2, 0.25) is 5.89 Å². The van der Waals surface area contributed by atoms with Crippen LogP contribution in [0.15, 0.2) is 37.5 Å². The average Bonchev–Trinajstić information content (AvgIpc) is 3.23. The first-order valence-corrected chi connectivity index (χ1v) is 8.09. The van der Waals surface area contributed by atoms with Crippen molar-refractivity contribution in [1.29, 1.82) is 0 Å². The molecule has 5 aromatic rings. The van der Waals surface area contributed by atoms with Gasteiger partial charge in [-0.25, -0.2) is 9.97 Å². The van der Waals surface area contributed by atoms with Crippen molar-refractivity contribution in [2.24, 2.45) is 0 Å². The standard InChI is InChI=1S/C20H12N2O4/c1-3-4-19-21-13-6-11-12-7-14-18(26-20(22-14)5-10(2)23)9-16(12)24-15(11)8-17(13)25-19/h6-9H,5H2,1-2H3. The zero-order valence-corrected chi connectivity index (χ0v) is 14.0. The number of carbonyl (C=O) groups excluding carboxylic acids is 1. The molecule has 0 aliphatic rings. The maximum Gasteiger partial charge on any atom is 0.274 e. The number of aromatic nitrogens is 2. The molecule has 0 bridgehead atoms. The molecule has 0 atom stereocenters. The number of nitrogens with zero attached hydrogens (tertiary/aromatic N) is 2. The van der Waals surface area contributed by atoms with Crippen LogP contribution in [-0.4, -0.2) is 15.8 Å². The quantitative estimate of drug-likeness (QED) is 0.442. The zero-order chi connectivity index (χ0) is 17.8. The third-order valence-corrected chi connectivity index (χ3v) is 4.17.